The Labute approximate surface area is 140 Å². The number of aromatic nitrogens is 2. The van der Waals surface area contributed by atoms with E-state index in [0.717, 1.165) is 37.9 Å². The standard InChI is InChI=1S/C18H21N3O3/c22-16-7-9-18(8-4-12-23-18)10-11-21(16)13-15-19-17(20-24-15)14-5-2-1-3-6-14/h1-3,5-6H,4,7-13H2. The summed E-state index contributed by atoms with van der Waals surface area (Å²) in [5, 5.41) is 4.02. The molecule has 0 bridgehead atoms. The molecule has 0 saturated carbocycles. The first-order valence-corrected chi connectivity index (χ1v) is 8.54. The van der Waals surface area contributed by atoms with E-state index in [4.69, 9.17) is 9.26 Å². The first-order valence-electron chi connectivity index (χ1n) is 8.54. The molecule has 2 aliphatic heterocycles. The summed E-state index contributed by atoms with van der Waals surface area (Å²) in [4.78, 5) is 18.7. The van der Waals surface area contributed by atoms with E-state index < -0.39 is 0 Å². The fourth-order valence-electron chi connectivity index (χ4n) is 3.58. The average molecular weight is 327 g/mol. The van der Waals surface area contributed by atoms with Crippen molar-refractivity contribution in [3.8, 4) is 11.4 Å². The van der Waals surface area contributed by atoms with Crippen molar-refractivity contribution in [2.45, 2.75) is 44.2 Å². The van der Waals surface area contributed by atoms with Crippen LogP contribution in [0.4, 0.5) is 0 Å². The molecule has 6 heteroatoms. The number of benzene rings is 1. The second-order valence-electron chi connectivity index (χ2n) is 6.58. The minimum absolute atomic E-state index is 0.0888. The van der Waals surface area contributed by atoms with E-state index in [2.05, 4.69) is 10.1 Å². The lowest BCUT2D eigenvalue weighted by molar-refractivity contribution is -0.131. The van der Waals surface area contributed by atoms with Gasteiger partial charge in [0.2, 0.25) is 17.6 Å². The van der Waals surface area contributed by atoms with Gasteiger partial charge in [0.1, 0.15) is 0 Å². The molecule has 126 valence electrons. The predicted molar refractivity (Wildman–Crippen MR) is 86.9 cm³/mol. The molecule has 2 saturated heterocycles. The van der Waals surface area contributed by atoms with Crippen molar-refractivity contribution in [3.05, 3.63) is 36.2 Å². The summed E-state index contributed by atoms with van der Waals surface area (Å²) in [6, 6.07) is 9.69. The highest BCUT2D eigenvalue weighted by Gasteiger charge is 2.38. The van der Waals surface area contributed by atoms with Crippen LogP contribution in [0.1, 0.15) is 38.0 Å². The van der Waals surface area contributed by atoms with Crippen LogP contribution in [0.25, 0.3) is 11.4 Å². The third-order valence-corrected chi connectivity index (χ3v) is 5.00. The SMILES string of the molecule is O=C1CCC2(CCCO2)CCN1Cc1nc(-c2ccccc2)no1. The highest BCUT2D eigenvalue weighted by Crippen LogP contribution is 2.36. The lowest BCUT2D eigenvalue weighted by atomic mass is 9.92. The highest BCUT2D eigenvalue weighted by molar-refractivity contribution is 5.76. The monoisotopic (exact) mass is 327 g/mol. The molecule has 2 aromatic rings. The smallest absolute Gasteiger partial charge is 0.246 e. The van der Waals surface area contributed by atoms with Gasteiger partial charge in [-0.1, -0.05) is 35.5 Å². The number of rotatable bonds is 3. The van der Waals surface area contributed by atoms with Crippen molar-refractivity contribution in [2.75, 3.05) is 13.2 Å². The Balaban J connectivity index is 1.45. The van der Waals surface area contributed by atoms with Gasteiger partial charge in [0.05, 0.1) is 12.1 Å². The Morgan fingerprint density at radius 1 is 1.17 bits per heavy atom. The van der Waals surface area contributed by atoms with Gasteiger partial charge in [-0.05, 0) is 25.7 Å². The van der Waals surface area contributed by atoms with E-state index in [1.807, 2.05) is 35.2 Å². The summed E-state index contributed by atoms with van der Waals surface area (Å²) in [5.74, 6) is 1.18. The first kappa shape index (κ1) is 15.3. The van der Waals surface area contributed by atoms with E-state index in [9.17, 15) is 4.79 Å². The quantitative estimate of drug-likeness (QED) is 0.867. The molecule has 1 unspecified atom stereocenters. The summed E-state index contributed by atoms with van der Waals surface area (Å²) in [5.41, 5.74) is 0.821. The highest BCUT2D eigenvalue weighted by atomic mass is 16.5. The van der Waals surface area contributed by atoms with Crippen molar-refractivity contribution >= 4 is 5.91 Å². The van der Waals surface area contributed by atoms with Gasteiger partial charge < -0.3 is 14.2 Å². The van der Waals surface area contributed by atoms with Crippen LogP contribution in [0.3, 0.4) is 0 Å². The van der Waals surface area contributed by atoms with Crippen LogP contribution in [0.2, 0.25) is 0 Å². The van der Waals surface area contributed by atoms with Crippen LogP contribution in [0.5, 0.6) is 0 Å². The normalized spacial score (nSPS) is 24.5. The van der Waals surface area contributed by atoms with Crippen molar-refractivity contribution in [1.82, 2.24) is 15.0 Å². The van der Waals surface area contributed by atoms with E-state index in [1.54, 1.807) is 0 Å². The van der Waals surface area contributed by atoms with Gasteiger partial charge in [0.25, 0.3) is 0 Å². The largest absolute Gasteiger partial charge is 0.375 e. The van der Waals surface area contributed by atoms with Crippen molar-refractivity contribution < 1.29 is 14.1 Å². The first-order chi connectivity index (χ1) is 11.7. The third kappa shape index (κ3) is 3.06. The zero-order valence-corrected chi connectivity index (χ0v) is 13.6. The van der Waals surface area contributed by atoms with Crippen LogP contribution in [-0.2, 0) is 16.1 Å². The fraction of sp³-hybridized carbons (Fsp3) is 0.500. The number of likely N-dealkylation sites (tertiary alicyclic amines) is 1. The number of carbonyl (C=O) groups is 1. The van der Waals surface area contributed by atoms with Gasteiger partial charge in [-0.25, -0.2) is 0 Å². The summed E-state index contributed by atoms with van der Waals surface area (Å²) in [6.07, 6.45) is 4.39. The average Bonchev–Trinajstić information content (AvgIpc) is 3.24. The molecule has 2 fully saturated rings. The Morgan fingerprint density at radius 2 is 2.04 bits per heavy atom. The fourth-order valence-corrected chi connectivity index (χ4v) is 3.58. The topological polar surface area (TPSA) is 68.5 Å². The van der Waals surface area contributed by atoms with Gasteiger partial charge in [0, 0.05) is 25.1 Å². The molecule has 1 amide bonds. The van der Waals surface area contributed by atoms with Crippen LogP contribution in [0.15, 0.2) is 34.9 Å². The Morgan fingerprint density at radius 3 is 2.83 bits per heavy atom. The second-order valence-corrected chi connectivity index (χ2v) is 6.58. The van der Waals surface area contributed by atoms with E-state index in [-0.39, 0.29) is 11.5 Å². The van der Waals surface area contributed by atoms with Crippen LogP contribution in [-0.4, -0.2) is 39.7 Å². The summed E-state index contributed by atoms with van der Waals surface area (Å²) >= 11 is 0. The molecule has 2 aliphatic rings. The van der Waals surface area contributed by atoms with E-state index >= 15 is 0 Å². The molecule has 1 aromatic heterocycles. The number of ether oxygens (including phenoxy) is 1. The maximum Gasteiger partial charge on any atom is 0.246 e. The Hall–Kier alpha value is -2.21. The predicted octanol–water partition coefficient (Wildman–Crippen LogP) is 2.80. The molecule has 1 aromatic carbocycles. The molecule has 24 heavy (non-hydrogen) atoms. The number of carbonyl (C=O) groups excluding carboxylic acids is 1. The molecular formula is C18H21N3O3. The molecule has 1 spiro atoms. The number of amides is 1. The molecule has 3 heterocycles. The Bertz CT molecular complexity index is 707. The van der Waals surface area contributed by atoms with Crippen LogP contribution < -0.4 is 0 Å². The van der Waals surface area contributed by atoms with Gasteiger partial charge in [-0.15, -0.1) is 0 Å². The van der Waals surface area contributed by atoms with Crippen molar-refractivity contribution in [3.63, 3.8) is 0 Å². The minimum Gasteiger partial charge on any atom is -0.375 e. The minimum atomic E-state index is -0.0888. The number of nitrogens with zero attached hydrogens (tertiary/aromatic N) is 3. The zero-order valence-electron chi connectivity index (χ0n) is 13.6. The Kier molecular flexibility index (Phi) is 4.06. The molecule has 0 radical (unpaired) electrons. The molecule has 0 aliphatic carbocycles. The summed E-state index contributed by atoms with van der Waals surface area (Å²) in [7, 11) is 0. The van der Waals surface area contributed by atoms with Gasteiger partial charge in [-0.2, -0.15) is 4.98 Å². The third-order valence-electron chi connectivity index (χ3n) is 5.00. The van der Waals surface area contributed by atoms with E-state index in [1.165, 1.54) is 0 Å². The molecule has 4 rings (SSSR count). The molecular weight excluding hydrogens is 306 g/mol. The van der Waals surface area contributed by atoms with Crippen LogP contribution >= 0.6 is 0 Å². The maximum absolute atomic E-state index is 12.4. The lowest BCUT2D eigenvalue weighted by Gasteiger charge is -2.26. The molecule has 1 atom stereocenters. The van der Waals surface area contributed by atoms with Crippen molar-refractivity contribution in [1.29, 1.82) is 0 Å². The van der Waals surface area contributed by atoms with Gasteiger partial charge >= 0.3 is 0 Å². The summed E-state index contributed by atoms with van der Waals surface area (Å²) in [6.45, 7) is 1.87. The number of hydrogen-bond donors (Lipinski definition) is 0. The number of hydrogen-bond acceptors (Lipinski definition) is 5. The molecule has 6 nitrogen and oxygen atoms in total. The van der Waals surface area contributed by atoms with E-state index in [0.29, 0.717) is 31.2 Å². The molecule has 0 N–H and O–H groups in total. The zero-order chi connectivity index (χ0) is 16.4. The lowest BCUT2D eigenvalue weighted by Crippen LogP contribution is -2.32. The summed E-state index contributed by atoms with van der Waals surface area (Å²) < 4.78 is 11.3. The second kappa shape index (κ2) is 6.36. The maximum atomic E-state index is 12.4. The van der Waals surface area contributed by atoms with Gasteiger partial charge in [-0.3, -0.25) is 4.79 Å². The van der Waals surface area contributed by atoms with Crippen molar-refractivity contribution in [2.24, 2.45) is 0 Å². The van der Waals surface area contributed by atoms with Gasteiger partial charge in [0.15, 0.2) is 0 Å². The van der Waals surface area contributed by atoms with Crippen LogP contribution in [0, 0.1) is 0 Å².